The first-order valence-corrected chi connectivity index (χ1v) is 4.81. The first-order chi connectivity index (χ1) is 6.38. The van der Waals surface area contributed by atoms with Gasteiger partial charge in [-0.2, -0.15) is 0 Å². The summed E-state index contributed by atoms with van der Waals surface area (Å²) in [7, 11) is 0. The lowest BCUT2D eigenvalue weighted by Gasteiger charge is -1.88. The summed E-state index contributed by atoms with van der Waals surface area (Å²) in [4.78, 5) is 10.8. The summed E-state index contributed by atoms with van der Waals surface area (Å²) in [5, 5.41) is 2.69. The molecule has 0 saturated heterocycles. The molecule has 13 heavy (non-hydrogen) atoms. The Hall–Kier alpha value is -1.25. The molecule has 74 valence electrons. The maximum Gasteiger partial charge on any atom is 0.269 e. The van der Waals surface area contributed by atoms with Gasteiger partial charge in [-0.1, -0.05) is 27.7 Å². The molecule has 0 spiro atoms. The van der Waals surface area contributed by atoms with Crippen molar-refractivity contribution in [1.82, 2.24) is 9.88 Å². The van der Waals surface area contributed by atoms with Gasteiger partial charge in [-0.25, -0.2) is 0 Å². The molecule has 0 bridgehead atoms. The minimum Gasteiger partial charge on any atom is -0.333 e. The third kappa shape index (κ3) is 2.61. The highest BCUT2D eigenvalue weighted by atomic mass is 16.2. The number of rotatable bonds is 0. The van der Waals surface area contributed by atoms with Crippen LogP contribution in [0.2, 0.25) is 0 Å². The van der Waals surface area contributed by atoms with Gasteiger partial charge >= 0.3 is 0 Å². The van der Waals surface area contributed by atoms with E-state index in [0.717, 1.165) is 5.69 Å². The number of carbonyl (C=O) groups excluding carboxylic acids is 1. The molecular weight excluding hydrogens is 164 g/mol. The minimum absolute atomic E-state index is 0.0278. The molecule has 3 nitrogen and oxygen atoms in total. The topological polar surface area (TPSA) is 34.0 Å². The molecule has 0 unspecified atom stereocenters. The number of hydrogen-bond donors (Lipinski definition) is 1. The van der Waals surface area contributed by atoms with Crippen LogP contribution in [0, 0.1) is 0 Å². The van der Waals surface area contributed by atoms with Crippen LogP contribution in [0.5, 0.6) is 0 Å². The SMILES string of the molecule is CC.CC.O=C1NCn2cccc21. The number of nitrogens with zero attached hydrogens (tertiary/aromatic N) is 1. The third-order valence-electron chi connectivity index (χ3n) is 1.47. The van der Waals surface area contributed by atoms with Crippen molar-refractivity contribution in [2.24, 2.45) is 0 Å². The summed E-state index contributed by atoms with van der Waals surface area (Å²) in [5.74, 6) is 0.0278. The molecule has 0 aliphatic carbocycles. The van der Waals surface area contributed by atoms with E-state index in [9.17, 15) is 4.79 Å². The Balaban J connectivity index is 0.000000322. The summed E-state index contributed by atoms with van der Waals surface area (Å²) in [6.07, 6.45) is 1.88. The van der Waals surface area contributed by atoms with E-state index in [2.05, 4.69) is 5.32 Å². The van der Waals surface area contributed by atoms with Crippen molar-refractivity contribution < 1.29 is 4.79 Å². The zero-order valence-corrected chi connectivity index (χ0v) is 8.79. The summed E-state index contributed by atoms with van der Waals surface area (Å²) >= 11 is 0. The quantitative estimate of drug-likeness (QED) is 0.656. The molecule has 1 amide bonds. The van der Waals surface area contributed by atoms with Gasteiger partial charge in [0.2, 0.25) is 0 Å². The van der Waals surface area contributed by atoms with Gasteiger partial charge in [0.25, 0.3) is 5.91 Å². The van der Waals surface area contributed by atoms with Gasteiger partial charge < -0.3 is 9.88 Å². The zero-order valence-electron chi connectivity index (χ0n) is 8.79. The van der Waals surface area contributed by atoms with E-state index >= 15 is 0 Å². The van der Waals surface area contributed by atoms with E-state index < -0.39 is 0 Å². The van der Waals surface area contributed by atoms with Crippen molar-refractivity contribution >= 4 is 5.91 Å². The first-order valence-electron chi connectivity index (χ1n) is 4.81. The lowest BCUT2D eigenvalue weighted by Crippen LogP contribution is -2.12. The molecule has 1 aromatic heterocycles. The van der Waals surface area contributed by atoms with E-state index in [1.807, 2.05) is 50.6 Å². The van der Waals surface area contributed by atoms with Gasteiger partial charge in [-0.3, -0.25) is 4.79 Å². The van der Waals surface area contributed by atoms with Crippen LogP contribution < -0.4 is 5.32 Å². The number of hydrogen-bond acceptors (Lipinski definition) is 1. The average Bonchev–Trinajstić information content (AvgIpc) is 2.78. The fourth-order valence-electron chi connectivity index (χ4n) is 1.01. The van der Waals surface area contributed by atoms with Crippen LogP contribution >= 0.6 is 0 Å². The average molecular weight is 182 g/mol. The van der Waals surface area contributed by atoms with E-state index in [1.165, 1.54) is 0 Å². The van der Waals surface area contributed by atoms with Crippen LogP contribution in [0.15, 0.2) is 18.3 Å². The van der Waals surface area contributed by atoms with Crippen molar-refractivity contribution in [2.45, 2.75) is 34.4 Å². The molecule has 0 fully saturated rings. The van der Waals surface area contributed by atoms with Crippen molar-refractivity contribution in [3.8, 4) is 0 Å². The van der Waals surface area contributed by atoms with Crippen LogP contribution in [0.25, 0.3) is 0 Å². The second kappa shape index (κ2) is 6.29. The Kier molecular flexibility index (Phi) is 5.68. The molecule has 2 heterocycles. The molecule has 1 aliphatic heterocycles. The Morgan fingerprint density at radius 3 is 2.46 bits per heavy atom. The first kappa shape index (κ1) is 11.8. The van der Waals surface area contributed by atoms with Gasteiger partial charge in [-0.15, -0.1) is 0 Å². The van der Waals surface area contributed by atoms with Gasteiger partial charge in [0.05, 0.1) is 6.67 Å². The number of nitrogens with one attached hydrogen (secondary N) is 1. The van der Waals surface area contributed by atoms with E-state index in [4.69, 9.17) is 0 Å². The molecule has 0 atom stereocenters. The normalized spacial score (nSPS) is 11.5. The monoisotopic (exact) mass is 182 g/mol. The lowest BCUT2D eigenvalue weighted by atomic mass is 10.4. The number of amides is 1. The van der Waals surface area contributed by atoms with E-state index in [-0.39, 0.29) is 5.91 Å². The molecule has 0 radical (unpaired) electrons. The smallest absolute Gasteiger partial charge is 0.269 e. The lowest BCUT2D eigenvalue weighted by molar-refractivity contribution is 0.0966. The molecule has 0 aromatic carbocycles. The predicted octanol–water partition coefficient (Wildman–Crippen LogP) is 2.24. The maximum absolute atomic E-state index is 10.8. The Morgan fingerprint density at radius 2 is 1.92 bits per heavy atom. The molecule has 0 saturated carbocycles. The Labute approximate surface area is 79.8 Å². The van der Waals surface area contributed by atoms with Crippen molar-refractivity contribution in [1.29, 1.82) is 0 Å². The molecule has 1 aliphatic rings. The fraction of sp³-hybridized carbons (Fsp3) is 0.500. The largest absolute Gasteiger partial charge is 0.333 e. The van der Waals surface area contributed by atoms with Gasteiger partial charge in [0.1, 0.15) is 5.69 Å². The predicted molar refractivity (Wildman–Crippen MR) is 54.6 cm³/mol. The van der Waals surface area contributed by atoms with Crippen LogP contribution in [-0.2, 0) is 6.67 Å². The molecule has 2 rings (SSSR count). The summed E-state index contributed by atoms with van der Waals surface area (Å²) in [5.41, 5.74) is 0.759. The highest BCUT2D eigenvalue weighted by Crippen LogP contribution is 2.05. The molecule has 1 N–H and O–H groups in total. The summed E-state index contributed by atoms with van der Waals surface area (Å²) in [6.45, 7) is 8.63. The summed E-state index contributed by atoms with van der Waals surface area (Å²) in [6, 6.07) is 3.68. The highest BCUT2D eigenvalue weighted by molar-refractivity contribution is 5.94. The number of carbonyl (C=O) groups is 1. The number of aromatic nitrogens is 1. The van der Waals surface area contributed by atoms with Crippen LogP contribution in [0.1, 0.15) is 38.2 Å². The van der Waals surface area contributed by atoms with Crippen LogP contribution in [0.3, 0.4) is 0 Å². The highest BCUT2D eigenvalue weighted by Gasteiger charge is 2.15. The zero-order chi connectivity index (χ0) is 10.3. The van der Waals surface area contributed by atoms with Crippen molar-refractivity contribution in [3.63, 3.8) is 0 Å². The number of fused-ring (bicyclic) bond motifs is 1. The van der Waals surface area contributed by atoms with Gasteiger partial charge in [0, 0.05) is 6.20 Å². The van der Waals surface area contributed by atoms with Crippen LogP contribution in [-0.4, -0.2) is 10.5 Å². The Bertz CT molecular complexity index is 253. The standard InChI is InChI=1S/C6H6N2O.2C2H6/c9-6-5-2-1-3-8(5)4-7-6;2*1-2/h1-3H,4H2,(H,7,9);2*1-2H3. The fourth-order valence-corrected chi connectivity index (χ4v) is 1.01. The van der Waals surface area contributed by atoms with Crippen molar-refractivity contribution in [3.05, 3.63) is 24.0 Å². The minimum atomic E-state index is 0.0278. The molecule has 1 aromatic rings. The second-order valence-electron chi connectivity index (χ2n) is 2.03. The molecule has 3 heteroatoms. The van der Waals surface area contributed by atoms with E-state index in [0.29, 0.717) is 6.67 Å². The maximum atomic E-state index is 10.8. The summed E-state index contributed by atoms with van der Waals surface area (Å²) < 4.78 is 1.88. The van der Waals surface area contributed by atoms with Crippen LogP contribution in [0.4, 0.5) is 0 Å². The molecular formula is C10H18N2O. The Morgan fingerprint density at radius 1 is 1.31 bits per heavy atom. The van der Waals surface area contributed by atoms with Gasteiger partial charge in [-0.05, 0) is 12.1 Å². The second-order valence-corrected chi connectivity index (χ2v) is 2.03. The van der Waals surface area contributed by atoms with Gasteiger partial charge in [0.15, 0.2) is 0 Å². The van der Waals surface area contributed by atoms with E-state index in [1.54, 1.807) is 0 Å². The third-order valence-corrected chi connectivity index (χ3v) is 1.47. The van der Waals surface area contributed by atoms with Crippen molar-refractivity contribution in [2.75, 3.05) is 0 Å².